The van der Waals surface area contributed by atoms with Gasteiger partial charge in [-0.1, -0.05) is 49.6 Å². The molecule has 1 aliphatic rings. The minimum Gasteiger partial charge on any atom is -0.464 e. The number of aliphatic hydroxyl groups excluding tert-OH is 1. The van der Waals surface area contributed by atoms with Gasteiger partial charge in [-0.25, -0.2) is 4.79 Å². The lowest BCUT2D eigenvalue weighted by Gasteiger charge is -2.30. The zero-order valence-corrected chi connectivity index (χ0v) is 12.6. The molecule has 2 atom stereocenters. The van der Waals surface area contributed by atoms with Crippen molar-refractivity contribution in [3.8, 4) is 0 Å². The summed E-state index contributed by atoms with van der Waals surface area (Å²) in [6, 6.07) is 9.58. The maximum Gasteiger partial charge on any atom is 0.336 e. The highest BCUT2D eigenvalue weighted by Crippen LogP contribution is 2.24. The topological polar surface area (TPSA) is 58.6 Å². The summed E-state index contributed by atoms with van der Waals surface area (Å²) in [5.41, 5.74) is 0.920. The average molecular weight is 291 g/mol. The van der Waals surface area contributed by atoms with Crippen LogP contribution in [-0.2, 0) is 9.53 Å². The largest absolute Gasteiger partial charge is 0.464 e. The lowest BCUT2D eigenvalue weighted by Crippen LogP contribution is -2.43. The lowest BCUT2D eigenvalue weighted by molar-refractivity contribution is -0.155. The van der Waals surface area contributed by atoms with Crippen molar-refractivity contribution in [1.29, 1.82) is 0 Å². The van der Waals surface area contributed by atoms with Crippen molar-refractivity contribution in [2.45, 2.75) is 57.2 Å². The van der Waals surface area contributed by atoms with E-state index in [9.17, 15) is 9.90 Å². The van der Waals surface area contributed by atoms with Crippen LogP contribution in [0, 0.1) is 0 Å². The van der Waals surface area contributed by atoms with Gasteiger partial charge in [0.2, 0.25) is 0 Å². The Morgan fingerprint density at radius 3 is 2.57 bits per heavy atom. The van der Waals surface area contributed by atoms with E-state index in [4.69, 9.17) is 4.74 Å². The monoisotopic (exact) mass is 291 g/mol. The van der Waals surface area contributed by atoms with Crippen molar-refractivity contribution in [1.82, 2.24) is 5.32 Å². The van der Waals surface area contributed by atoms with E-state index in [0.717, 1.165) is 18.4 Å². The summed E-state index contributed by atoms with van der Waals surface area (Å²) in [6.45, 7) is 2.03. The van der Waals surface area contributed by atoms with Crippen LogP contribution in [0.15, 0.2) is 30.3 Å². The highest BCUT2D eigenvalue weighted by Gasteiger charge is 2.30. The van der Waals surface area contributed by atoms with Crippen LogP contribution in [0.3, 0.4) is 0 Å². The summed E-state index contributed by atoms with van der Waals surface area (Å²) in [5.74, 6) is -0.560. The van der Waals surface area contributed by atoms with Gasteiger partial charge in [0.1, 0.15) is 0 Å². The Kier molecular flexibility index (Phi) is 6.21. The van der Waals surface area contributed by atoms with Crippen LogP contribution in [0.5, 0.6) is 0 Å². The van der Waals surface area contributed by atoms with Crippen LogP contribution >= 0.6 is 0 Å². The fourth-order valence-corrected chi connectivity index (χ4v) is 2.92. The van der Waals surface area contributed by atoms with E-state index >= 15 is 0 Å². The van der Waals surface area contributed by atoms with Crippen LogP contribution in [0.25, 0.3) is 0 Å². The van der Waals surface area contributed by atoms with E-state index in [1.54, 1.807) is 6.92 Å². The quantitative estimate of drug-likeness (QED) is 0.791. The van der Waals surface area contributed by atoms with Crippen LogP contribution in [0.2, 0.25) is 0 Å². The molecule has 4 heteroatoms. The number of carbonyl (C=O) groups excluding carboxylic acids is 1. The Hall–Kier alpha value is -1.39. The van der Waals surface area contributed by atoms with E-state index in [1.807, 2.05) is 30.3 Å². The summed E-state index contributed by atoms with van der Waals surface area (Å²) in [6.07, 6.45) is 4.70. The van der Waals surface area contributed by atoms with Gasteiger partial charge >= 0.3 is 5.97 Å². The molecule has 1 aromatic rings. The number of benzene rings is 1. The van der Waals surface area contributed by atoms with Crippen LogP contribution in [0.1, 0.15) is 50.6 Å². The van der Waals surface area contributed by atoms with E-state index in [0.29, 0.717) is 6.04 Å². The molecule has 1 saturated carbocycles. The van der Waals surface area contributed by atoms with Crippen molar-refractivity contribution in [3.05, 3.63) is 35.9 Å². The molecule has 1 fully saturated rings. The fourth-order valence-electron chi connectivity index (χ4n) is 2.92. The third kappa shape index (κ3) is 4.55. The van der Waals surface area contributed by atoms with Crippen LogP contribution < -0.4 is 5.32 Å². The lowest BCUT2D eigenvalue weighted by atomic mass is 9.92. The SMILES string of the molecule is CCOC(=O)[C@H](O)[C@H](NC1CCCCC1)c1ccccc1. The third-order valence-electron chi connectivity index (χ3n) is 4.02. The summed E-state index contributed by atoms with van der Waals surface area (Å²) in [5, 5.41) is 13.8. The average Bonchev–Trinajstić information content (AvgIpc) is 2.54. The number of rotatable bonds is 6. The first-order valence-electron chi connectivity index (χ1n) is 7.88. The Labute approximate surface area is 126 Å². The smallest absolute Gasteiger partial charge is 0.336 e. The van der Waals surface area contributed by atoms with E-state index in [1.165, 1.54) is 19.3 Å². The zero-order chi connectivity index (χ0) is 15.1. The molecule has 4 nitrogen and oxygen atoms in total. The van der Waals surface area contributed by atoms with Gasteiger partial charge in [-0.3, -0.25) is 0 Å². The van der Waals surface area contributed by atoms with Gasteiger partial charge in [-0.05, 0) is 25.3 Å². The van der Waals surface area contributed by atoms with Gasteiger partial charge < -0.3 is 15.2 Å². The minimum atomic E-state index is -1.17. The van der Waals surface area contributed by atoms with E-state index in [2.05, 4.69) is 5.32 Å². The molecule has 0 bridgehead atoms. The molecule has 0 aromatic heterocycles. The van der Waals surface area contributed by atoms with Gasteiger partial charge in [0, 0.05) is 6.04 Å². The van der Waals surface area contributed by atoms with Crippen molar-refractivity contribution in [2.24, 2.45) is 0 Å². The number of aliphatic hydroxyl groups is 1. The molecule has 0 saturated heterocycles. The molecule has 0 unspecified atom stereocenters. The van der Waals surface area contributed by atoms with E-state index in [-0.39, 0.29) is 6.61 Å². The molecular formula is C17H25NO3. The zero-order valence-electron chi connectivity index (χ0n) is 12.6. The number of esters is 1. The Bertz CT molecular complexity index is 429. The second-order valence-corrected chi connectivity index (χ2v) is 5.59. The second kappa shape index (κ2) is 8.15. The normalized spacial score (nSPS) is 19.0. The molecule has 0 aliphatic heterocycles. The number of ether oxygens (including phenoxy) is 1. The van der Waals surface area contributed by atoms with Crippen molar-refractivity contribution in [3.63, 3.8) is 0 Å². The predicted molar refractivity (Wildman–Crippen MR) is 81.8 cm³/mol. The molecular weight excluding hydrogens is 266 g/mol. The maximum absolute atomic E-state index is 11.9. The summed E-state index contributed by atoms with van der Waals surface area (Å²) in [4.78, 5) is 11.9. The second-order valence-electron chi connectivity index (χ2n) is 5.59. The molecule has 0 heterocycles. The molecule has 2 rings (SSSR count). The van der Waals surface area contributed by atoms with Crippen molar-refractivity contribution in [2.75, 3.05) is 6.61 Å². The van der Waals surface area contributed by atoms with Gasteiger partial charge in [0.25, 0.3) is 0 Å². The fraction of sp³-hybridized carbons (Fsp3) is 0.588. The van der Waals surface area contributed by atoms with E-state index < -0.39 is 18.1 Å². The van der Waals surface area contributed by atoms with Gasteiger partial charge in [0.05, 0.1) is 12.6 Å². The van der Waals surface area contributed by atoms with Crippen molar-refractivity contribution >= 4 is 5.97 Å². The predicted octanol–water partition coefficient (Wildman–Crippen LogP) is 2.57. The number of hydrogen-bond acceptors (Lipinski definition) is 4. The molecule has 0 radical (unpaired) electrons. The number of hydrogen-bond donors (Lipinski definition) is 2. The number of nitrogens with one attached hydrogen (secondary N) is 1. The molecule has 21 heavy (non-hydrogen) atoms. The highest BCUT2D eigenvalue weighted by atomic mass is 16.5. The minimum absolute atomic E-state index is 0.279. The third-order valence-corrected chi connectivity index (χ3v) is 4.02. The van der Waals surface area contributed by atoms with Gasteiger partial charge in [-0.15, -0.1) is 0 Å². The number of carbonyl (C=O) groups is 1. The van der Waals surface area contributed by atoms with Gasteiger partial charge in [0.15, 0.2) is 6.10 Å². The highest BCUT2D eigenvalue weighted by molar-refractivity contribution is 5.75. The Balaban J connectivity index is 2.11. The summed E-state index contributed by atoms with van der Waals surface area (Å²) < 4.78 is 4.97. The standard InChI is InChI=1S/C17H25NO3/c1-2-21-17(20)16(19)15(13-9-5-3-6-10-13)18-14-11-7-4-8-12-14/h3,5-6,9-10,14-16,18-19H,2,4,7-8,11-12H2,1H3/t15-,16-/m1/s1. The molecule has 116 valence electrons. The molecule has 1 aromatic carbocycles. The van der Waals surface area contributed by atoms with Crippen LogP contribution in [-0.4, -0.2) is 29.8 Å². The van der Waals surface area contributed by atoms with Crippen LogP contribution in [0.4, 0.5) is 0 Å². The maximum atomic E-state index is 11.9. The molecule has 2 N–H and O–H groups in total. The molecule has 0 amide bonds. The van der Waals surface area contributed by atoms with Crippen molar-refractivity contribution < 1.29 is 14.6 Å². The Morgan fingerprint density at radius 2 is 1.95 bits per heavy atom. The summed E-state index contributed by atoms with van der Waals surface area (Å²) in [7, 11) is 0. The summed E-state index contributed by atoms with van der Waals surface area (Å²) >= 11 is 0. The molecule has 1 aliphatic carbocycles. The first-order valence-corrected chi connectivity index (χ1v) is 7.88. The Morgan fingerprint density at radius 1 is 1.29 bits per heavy atom. The first-order chi connectivity index (χ1) is 10.2. The molecule has 0 spiro atoms. The van der Waals surface area contributed by atoms with Gasteiger partial charge in [-0.2, -0.15) is 0 Å². The first kappa shape index (κ1) is 16.0.